The van der Waals surface area contributed by atoms with E-state index in [-0.39, 0.29) is 5.91 Å². The molecule has 1 aliphatic heterocycles. The van der Waals surface area contributed by atoms with Crippen molar-refractivity contribution < 1.29 is 4.79 Å². The number of carbonyl (C=O) groups excluding carboxylic acids is 1. The molecule has 80 valence electrons. The molecular formula is C11H20N2O. The average molecular weight is 196 g/mol. The van der Waals surface area contributed by atoms with Gasteiger partial charge in [0.25, 0.3) is 0 Å². The maximum absolute atomic E-state index is 10.9. The highest BCUT2D eigenvalue weighted by molar-refractivity contribution is 5.76. The highest BCUT2D eigenvalue weighted by Crippen LogP contribution is 2.23. The Kier molecular flexibility index (Phi) is 3.40. The molecule has 1 heterocycles. The van der Waals surface area contributed by atoms with Gasteiger partial charge in [-0.05, 0) is 31.7 Å². The minimum atomic E-state index is 0.212. The Morgan fingerprint density at radius 3 is 2.71 bits per heavy atom. The second-order valence-electron chi connectivity index (χ2n) is 4.60. The topological polar surface area (TPSA) is 41.1 Å². The van der Waals surface area contributed by atoms with Crippen molar-refractivity contribution in [3.8, 4) is 0 Å². The van der Waals surface area contributed by atoms with Gasteiger partial charge in [0.1, 0.15) is 0 Å². The molecule has 0 bridgehead atoms. The summed E-state index contributed by atoms with van der Waals surface area (Å²) in [7, 11) is 0. The molecule has 0 aromatic rings. The lowest BCUT2D eigenvalue weighted by molar-refractivity contribution is -0.122. The lowest BCUT2D eigenvalue weighted by Crippen LogP contribution is -2.46. The molecule has 2 aliphatic rings. The van der Waals surface area contributed by atoms with Gasteiger partial charge >= 0.3 is 0 Å². The zero-order valence-electron chi connectivity index (χ0n) is 8.72. The van der Waals surface area contributed by atoms with Crippen molar-refractivity contribution in [3.63, 3.8) is 0 Å². The van der Waals surface area contributed by atoms with Crippen LogP contribution in [-0.4, -0.2) is 25.0 Å². The summed E-state index contributed by atoms with van der Waals surface area (Å²) < 4.78 is 0. The molecule has 1 aliphatic carbocycles. The van der Waals surface area contributed by atoms with E-state index in [1.165, 1.54) is 25.7 Å². The fourth-order valence-corrected chi connectivity index (χ4v) is 2.45. The summed E-state index contributed by atoms with van der Waals surface area (Å²) in [5.74, 6) is 1.11. The number of amides is 1. The molecule has 0 aromatic heterocycles. The van der Waals surface area contributed by atoms with Gasteiger partial charge in [0.15, 0.2) is 0 Å². The molecule has 1 unspecified atom stereocenters. The summed E-state index contributed by atoms with van der Waals surface area (Å²) in [4.78, 5) is 10.9. The maximum Gasteiger partial charge on any atom is 0.220 e. The number of carbonyl (C=O) groups is 1. The van der Waals surface area contributed by atoms with Crippen LogP contribution in [0, 0.1) is 5.92 Å². The van der Waals surface area contributed by atoms with Crippen LogP contribution in [0.2, 0.25) is 0 Å². The number of piperidine rings is 1. The predicted octanol–water partition coefficient (Wildman–Crippen LogP) is 1.04. The van der Waals surface area contributed by atoms with Crippen LogP contribution in [0.15, 0.2) is 0 Å². The quantitative estimate of drug-likeness (QED) is 0.708. The van der Waals surface area contributed by atoms with Crippen molar-refractivity contribution in [2.24, 2.45) is 5.92 Å². The Morgan fingerprint density at radius 2 is 2.07 bits per heavy atom. The van der Waals surface area contributed by atoms with E-state index in [2.05, 4.69) is 10.6 Å². The van der Waals surface area contributed by atoms with Crippen LogP contribution in [0.1, 0.15) is 38.5 Å². The first-order valence-electron chi connectivity index (χ1n) is 5.84. The third-order valence-corrected chi connectivity index (χ3v) is 3.44. The highest BCUT2D eigenvalue weighted by Gasteiger charge is 2.20. The molecule has 0 aromatic carbocycles. The van der Waals surface area contributed by atoms with Crippen LogP contribution in [0.4, 0.5) is 0 Å². The standard InChI is InChI=1S/C11H20N2O/c14-11-6-5-10(8-13-11)12-7-9-3-1-2-4-9/h9-10,12H,1-8H2,(H,13,14). The normalized spacial score (nSPS) is 29.1. The SMILES string of the molecule is O=C1CCC(NCC2CCCC2)CN1. The van der Waals surface area contributed by atoms with E-state index in [0.29, 0.717) is 12.5 Å². The molecule has 2 rings (SSSR count). The monoisotopic (exact) mass is 196 g/mol. The summed E-state index contributed by atoms with van der Waals surface area (Å²) >= 11 is 0. The molecule has 0 radical (unpaired) electrons. The first-order chi connectivity index (χ1) is 6.84. The molecule has 2 fully saturated rings. The van der Waals surface area contributed by atoms with E-state index < -0.39 is 0 Å². The number of hydrogen-bond donors (Lipinski definition) is 2. The summed E-state index contributed by atoms with van der Waals surface area (Å²) in [5, 5.41) is 6.48. The highest BCUT2D eigenvalue weighted by atomic mass is 16.1. The van der Waals surface area contributed by atoms with Gasteiger partial charge in [-0.2, -0.15) is 0 Å². The van der Waals surface area contributed by atoms with Crippen LogP contribution < -0.4 is 10.6 Å². The molecule has 0 spiro atoms. The third-order valence-electron chi connectivity index (χ3n) is 3.44. The lowest BCUT2D eigenvalue weighted by atomic mass is 10.0. The van der Waals surface area contributed by atoms with Crippen molar-refractivity contribution in [1.29, 1.82) is 0 Å². The number of hydrogen-bond acceptors (Lipinski definition) is 2. The van der Waals surface area contributed by atoms with Gasteiger partial charge in [-0.15, -0.1) is 0 Å². The van der Waals surface area contributed by atoms with Crippen molar-refractivity contribution in [3.05, 3.63) is 0 Å². The largest absolute Gasteiger partial charge is 0.355 e. The predicted molar refractivity (Wildman–Crippen MR) is 56.0 cm³/mol. The lowest BCUT2D eigenvalue weighted by Gasteiger charge is -2.24. The minimum Gasteiger partial charge on any atom is -0.355 e. The molecule has 2 N–H and O–H groups in total. The molecule has 1 atom stereocenters. The Balaban J connectivity index is 1.63. The second-order valence-corrected chi connectivity index (χ2v) is 4.60. The van der Waals surface area contributed by atoms with Crippen molar-refractivity contribution in [1.82, 2.24) is 10.6 Å². The second kappa shape index (κ2) is 4.78. The Morgan fingerprint density at radius 1 is 1.29 bits per heavy atom. The van der Waals surface area contributed by atoms with Crippen LogP contribution in [0.3, 0.4) is 0 Å². The summed E-state index contributed by atoms with van der Waals surface area (Å²) in [6.45, 7) is 1.98. The van der Waals surface area contributed by atoms with E-state index in [4.69, 9.17) is 0 Å². The van der Waals surface area contributed by atoms with E-state index in [0.717, 1.165) is 25.4 Å². The van der Waals surface area contributed by atoms with Crippen LogP contribution in [0.25, 0.3) is 0 Å². The van der Waals surface area contributed by atoms with Gasteiger partial charge in [-0.1, -0.05) is 12.8 Å². The fraction of sp³-hybridized carbons (Fsp3) is 0.909. The molecule has 1 amide bonds. The van der Waals surface area contributed by atoms with Crippen LogP contribution >= 0.6 is 0 Å². The van der Waals surface area contributed by atoms with Gasteiger partial charge in [-0.3, -0.25) is 4.79 Å². The molecule has 3 nitrogen and oxygen atoms in total. The first-order valence-corrected chi connectivity index (χ1v) is 5.84. The number of rotatable bonds is 3. The fourth-order valence-electron chi connectivity index (χ4n) is 2.45. The first kappa shape index (κ1) is 9.97. The summed E-state index contributed by atoms with van der Waals surface area (Å²) in [6, 6.07) is 0.522. The third kappa shape index (κ3) is 2.71. The minimum absolute atomic E-state index is 0.212. The van der Waals surface area contributed by atoms with E-state index in [1.807, 2.05) is 0 Å². The van der Waals surface area contributed by atoms with Gasteiger partial charge < -0.3 is 10.6 Å². The van der Waals surface area contributed by atoms with Crippen molar-refractivity contribution in [2.75, 3.05) is 13.1 Å². The maximum atomic E-state index is 10.9. The van der Waals surface area contributed by atoms with Crippen molar-refractivity contribution in [2.45, 2.75) is 44.6 Å². The van der Waals surface area contributed by atoms with Gasteiger partial charge in [0.05, 0.1) is 0 Å². The van der Waals surface area contributed by atoms with E-state index >= 15 is 0 Å². The van der Waals surface area contributed by atoms with Gasteiger partial charge in [0, 0.05) is 19.0 Å². The Labute approximate surface area is 85.6 Å². The molecule has 3 heteroatoms. The summed E-state index contributed by atoms with van der Waals surface area (Å²) in [5.41, 5.74) is 0. The van der Waals surface area contributed by atoms with E-state index in [1.54, 1.807) is 0 Å². The average Bonchev–Trinajstić information content (AvgIpc) is 2.70. The van der Waals surface area contributed by atoms with Gasteiger partial charge in [0.2, 0.25) is 5.91 Å². The molecule has 1 saturated heterocycles. The molecule has 14 heavy (non-hydrogen) atoms. The number of nitrogens with one attached hydrogen (secondary N) is 2. The zero-order chi connectivity index (χ0) is 9.80. The Bertz CT molecular complexity index is 189. The molecule has 1 saturated carbocycles. The smallest absolute Gasteiger partial charge is 0.220 e. The zero-order valence-corrected chi connectivity index (χ0v) is 8.72. The van der Waals surface area contributed by atoms with Gasteiger partial charge in [-0.25, -0.2) is 0 Å². The van der Waals surface area contributed by atoms with Crippen molar-refractivity contribution >= 4 is 5.91 Å². The summed E-state index contributed by atoms with van der Waals surface area (Å²) in [6.07, 6.45) is 7.32. The Hall–Kier alpha value is -0.570. The van der Waals surface area contributed by atoms with Crippen LogP contribution in [-0.2, 0) is 4.79 Å². The van der Waals surface area contributed by atoms with Crippen LogP contribution in [0.5, 0.6) is 0 Å². The molecular weight excluding hydrogens is 176 g/mol. The van der Waals surface area contributed by atoms with E-state index in [9.17, 15) is 4.79 Å².